The van der Waals surface area contributed by atoms with E-state index < -0.39 is 16.1 Å². The van der Waals surface area contributed by atoms with Gasteiger partial charge in [-0.05, 0) is 24.1 Å². The van der Waals surface area contributed by atoms with E-state index in [9.17, 15) is 13.2 Å². The Bertz CT molecular complexity index is 465. The molecule has 0 radical (unpaired) electrons. The van der Waals surface area contributed by atoms with Crippen molar-refractivity contribution in [2.75, 3.05) is 5.75 Å². The maximum Gasteiger partial charge on any atom is 0.356 e. The monoisotopic (exact) mass is 245 g/mol. The molecule has 0 aliphatic heterocycles. The summed E-state index contributed by atoms with van der Waals surface area (Å²) >= 11 is 0. The summed E-state index contributed by atoms with van der Waals surface area (Å²) in [6.07, 6.45) is 0.177. The Labute approximate surface area is 92.7 Å². The number of hydrogen-bond donors (Lipinski definition) is 2. The zero-order chi connectivity index (χ0) is 12.2. The van der Waals surface area contributed by atoms with Crippen LogP contribution in [0, 0.1) is 0 Å². The van der Waals surface area contributed by atoms with Gasteiger partial charge in [-0.15, -0.1) is 0 Å². The van der Waals surface area contributed by atoms with Crippen molar-refractivity contribution in [2.45, 2.75) is 6.42 Å². The van der Waals surface area contributed by atoms with Crippen molar-refractivity contribution in [1.29, 1.82) is 0 Å². The van der Waals surface area contributed by atoms with E-state index in [1.165, 1.54) is 12.1 Å². The molecule has 88 valence electrons. The molecule has 0 aromatic heterocycles. The van der Waals surface area contributed by atoms with Crippen molar-refractivity contribution >= 4 is 16.1 Å². The van der Waals surface area contributed by atoms with Gasteiger partial charge in [0.2, 0.25) is 0 Å². The Morgan fingerprint density at radius 2 is 1.88 bits per heavy atom. The predicted molar refractivity (Wildman–Crippen MR) is 56.2 cm³/mol. The minimum absolute atomic E-state index is 0.177. The molecule has 0 saturated heterocycles. The first-order valence-corrected chi connectivity index (χ1v) is 5.98. The van der Waals surface area contributed by atoms with Gasteiger partial charge in [-0.3, -0.25) is 4.55 Å². The summed E-state index contributed by atoms with van der Waals surface area (Å²) in [5.41, 5.74) is 0.962. The first-order chi connectivity index (χ1) is 7.42. The third-order valence-electron chi connectivity index (χ3n) is 1.95. The molecule has 0 fully saturated rings. The molecule has 0 spiro atoms. The second-order valence-corrected chi connectivity index (χ2v) is 4.71. The molecule has 1 aromatic carbocycles. The zero-order valence-electron chi connectivity index (χ0n) is 8.29. The highest BCUT2D eigenvalue weighted by Gasteiger charge is 2.07. The number of hydrogen-bond acceptors (Lipinski definition) is 5. The van der Waals surface area contributed by atoms with Crippen molar-refractivity contribution in [2.24, 2.45) is 5.90 Å². The Balaban J connectivity index is 2.69. The lowest BCUT2D eigenvalue weighted by atomic mass is 10.1. The number of carbonyl (C=O) groups excluding carboxylic acids is 1. The van der Waals surface area contributed by atoms with E-state index in [1.54, 1.807) is 12.1 Å². The first kappa shape index (κ1) is 12.6. The normalized spacial score (nSPS) is 11.1. The van der Waals surface area contributed by atoms with Crippen LogP contribution in [0.4, 0.5) is 0 Å². The topological polar surface area (TPSA) is 107 Å². The van der Waals surface area contributed by atoms with Gasteiger partial charge in [-0.1, -0.05) is 12.1 Å². The fraction of sp³-hybridized carbons (Fsp3) is 0.222. The van der Waals surface area contributed by atoms with Gasteiger partial charge in [-0.2, -0.15) is 14.3 Å². The second-order valence-electron chi connectivity index (χ2n) is 3.14. The number of rotatable bonds is 4. The molecule has 0 saturated carbocycles. The lowest BCUT2D eigenvalue weighted by molar-refractivity contribution is 0.0503. The molecule has 0 heterocycles. The number of benzene rings is 1. The maximum atomic E-state index is 11.0. The molecular weight excluding hydrogens is 234 g/mol. The number of nitrogens with two attached hydrogens (primary N) is 1. The SMILES string of the molecule is NOC(=O)c1ccc(CCS(=O)(=O)O)cc1. The van der Waals surface area contributed by atoms with E-state index in [0.717, 1.165) is 0 Å². The summed E-state index contributed by atoms with van der Waals surface area (Å²) in [6, 6.07) is 6.07. The van der Waals surface area contributed by atoms with Crippen molar-refractivity contribution in [1.82, 2.24) is 0 Å². The average Bonchev–Trinajstić information content (AvgIpc) is 2.25. The molecule has 0 aliphatic rings. The van der Waals surface area contributed by atoms with Crippen LogP contribution in [0.5, 0.6) is 0 Å². The quantitative estimate of drug-likeness (QED) is 0.577. The Morgan fingerprint density at radius 1 is 1.31 bits per heavy atom. The third-order valence-corrected chi connectivity index (χ3v) is 2.67. The molecular formula is C9H11NO5S. The second kappa shape index (κ2) is 5.06. The van der Waals surface area contributed by atoms with E-state index >= 15 is 0 Å². The van der Waals surface area contributed by atoms with Crippen LogP contribution in [0.2, 0.25) is 0 Å². The van der Waals surface area contributed by atoms with Crippen LogP contribution >= 0.6 is 0 Å². The fourth-order valence-corrected chi connectivity index (χ4v) is 1.62. The average molecular weight is 245 g/mol. The molecule has 0 bridgehead atoms. The molecule has 16 heavy (non-hydrogen) atoms. The minimum atomic E-state index is -3.97. The first-order valence-electron chi connectivity index (χ1n) is 4.37. The van der Waals surface area contributed by atoms with Gasteiger partial charge in [0.25, 0.3) is 10.1 Å². The van der Waals surface area contributed by atoms with Gasteiger partial charge >= 0.3 is 5.97 Å². The van der Waals surface area contributed by atoms with Crippen molar-refractivity contribution < 1.29 is 22.6 Å². The van der Waals surface area contributed by atoms with Crippen LogP contribution in [0.1, 0.15) is 15.9 Å². The van der Waals surface area contributed by atoms with Gasteiger partial charge in [0.05, 0.1) is 11.3 Å². The van der Waals surface area contributed by atoms with E-state index in [4.69, 9.17) is 10.4 Å². The largest absolute Gasteiger partial charge is 0.370 e. The molecule has 7 heteroatoms. The Kier molecular flexibility index (Phi) is 3.99. The van der Waals surface area contributed by atoms with Gasteiger partial charge in [0.1, 0.15) is 0 Å². The van der Waals surface area contributed by atoms with Crippen molar-refractivity contribution in [3.63, 3.8) is 0 Å². The van der Waals surface area contributed by atoms with Crippen LogP contribution in [0.3, 0.4) is 0 Å². The van der Waals surface area contributed by atoms with E-state index in [1.807, 2.05) is 0 Å². The number of carbonyl (C=O) groups is 1. The van der Waals surface area contributed by atoms with Crippen LogP contribution in [-0.4, -0.2) is 24.7 Å². The molecule has 1 rings (SSSR count). The summed E-state index contributed by atoms with van der Waals surface area (Å²) in [5.74, 6) is 3.68. The minimum Gasteiger partial charge on any atom is -0.370 e. The van der Waals surface area contributed by atoms with Crippen LogP contribution in [-0.2, 0) is 21.4 Å². The van der Waals surface area contributed by atoms with Gasteiger partial charge in [0.15, 0.2) is 0 Å². The van der Waals surface area contributed by atoms with Gasteiger partial charge in [-0.25, -0.2) is 4.79 Å². The highest BCUT2D eigenvalue weighted by atomic mass is 32.2. The molecule has 0 aliphatic carbocycles. The van der Waals surface area contributed by atoms with Gasteiger partial charge in [0, 0.05) is 0 Å². The van der Waals surface area contributed by atoms with Crippen molar-refractivity contribution in [3.8, 4) is 0 Å². The zero-order valence-corrected chi connectivity index (χ0v) is 9.11. The summed E-state index contributed by atoms with van der Waals surface area (Å²) in [4.78, 5) is 15.0. The molecule has 0 atom stereocenters. The molecule has 1 aromatic rings. The molecule has 0 unspecified atom stereocenters. The predicted octanol–water partition coefficient (Wildman–Crippen LogP) is 0.147. The summed E-state index contributed by atoms with van der Waals surface area (Å²) in [5, 5.41) is 0. The van der Waals surface area contributed by atoms with E-state index in [0.29, 0.717) is 5.56 Å². The summed E-state index contributed by atoms with van der Waals surface area (Å²) in [6.45, 7) is 0. The van der Waals surface area contributed by atoms with Crippen LogP contribution in [0.25, 0.3) is 0 Å². The van der Waals surface area contributed by atoms with E-state index in [-0.39, 0.29) is 17.7 Å². The molecule has 0 amide bonds. The lowest BCUT2D eigenvalue weighted by Gasteiger charge is -2.01. The summed E-state index contributed by atoms with van der Waals surface area (Å²) in [7, 11) is -3.97. The van der Waals surface area contributed by atoms with Gasteiger partial charge < -0.3 is 4.84 Å². The fourth-order valence-electron chi connectivity index (χ4n) is 1.12. The maximum absolute atomic E-state index is 11.0. The van der Waals surface area contributed by atoms with Crippen molar-refractivity contribution in [3.05, 3.63) is 35.4 Å². The highest BCUT2D eigenvalue weighted by Crippen LogP contribution is 2.06. The third kappa shape index (κ3) is 3.97. The Morgan fingerprint density at radius 3 is 2.31 bits per heavy atom. The standard InChI is InChI=1S/C9H11NO5S/c10-15-9(11)8-3-1-7(2-4-8)5-6-16(12,13)14/h1-4H,5-6,10H2,(H,12,13,14). The number of aryl methyl sites for hydroxylation is 1. The smallest absolute Gasteiger partial charge is 0.356 e. The highest BCUT2D eigenvalue weighted by molar-refractivity contribution is 7.85. The van der Waals surface area contributed by atoms with Crippen LogP contribution < -0.4 is 5.90 Å². The lowest BCUT2D eigenvalue weighted by Crippen LogP contribution is -2.10. The molecule has 3 N–H and O–H groups in total. The Hall–Kier alpha value is -1.44. The van der Waals surface area contributed by atoms with E-state index in [2.05, 4.69) is 4.84 Å². The summed E-state index contributed by atoms with van der Waals surface area (Å²) < 4.78 is 29.5. The van der Waals surface area contributed by atoms with Crippen LogP contribution in [0.15, 0.2) is 24.3 Å². The molecule has 6 nitrogen and oxygen atoms in total.